The van der Waals surface area contributed by atoms with Crippen LogP contribution in [0.5, 0.6) is 5.75 Å². The third-order valence-electron chi connectivity index (χ3n) is 4.29. The van der Waals surface area contributed by atoms with Crippen LogP contribution in [0.15, 0.2) is 24.3 Å². The molecule has 0 spiro atoms. The van der Waals surface area contributed by atoms with Crippen LogP contribution in [-0.4, -0.2) is 18.3 Å². The van der Waals surface area contributed by atoms with Gasteiger partial charge in [-0.05, 0) is 49.3 Å². The molecule has 2 bridgehead atoms. The van der Waals surface area contributed by atoms with Gasteiger partial charge in [-0.25, -0.2) is 0 Å². The third-order valence-corrected chi connectivity index (χ3v) is 4.29. The van der Waals surface area contributed by atoms with Crippen molar-refractivity contribution in [3.8, 4) is 5.75 Å². The molecule has 98 valence electrons. The van der Waals surface area contributed by atoms with Gasteiger partial charge in [0.2, 0.25) is 0 Å². The summed E-state index contributed by atoms with van der Waals surface area (Å²) < 4.78 is 12.0. The first-order valence-corrected chi connectivity index (χ1v) is 7.07. The minimum absolute atomic E-state index is 0.0263. The van der Waals surface area contributed by atoms with Gasteiger partial charge in [0, 0.05) is 0 Å². The summed E-state index contributed by atoms with van der Waals surface area (Å²) in [4.78, 5) is 0. The lowest BCUT2D eigenvalue weighted by molar-refractivity contribution is -0.0198. The van der Waals surface area contributed by atoms with Gasteiger partial charge in [-0.1, -0.05) is 26.0 Å². The zero-order valence-electron chi connectivity index (χ0n) is 11.3. The van der Waals surface area contributed by atoms with Gasteiger partial charge >= 0.3 is 0 Å². The normalized spacial score (nSPS) is 30.1. The largest absolute Gasteiger partial charge is 0.491 e. The lowest BCUT2D eigenvalue weighted by Gasteiger charge is -2.24. The molecule has 2 fully saturated rings. The fourth-order valence-electron chi connectivity index (χ4n) is 3.06. The van der Waals surface area contributed by atoms with Crippen molar-refractivity contribution in [2.24, 2.45) is 0 Å². The number of hydrogen-bond acceptors (Lipinski definition) is 2. The molecule has 0 aliphatic carbocycles. The van der Waals surface area contributed by atoms with Gasteiger partial charge in [-0.3, -0.25) is 0 Å². The molecule has 0 atom stereocenters. The fraction of sp³-hybridized carbons (Fsp3) is 0.625. The van der Waals surface area contributed by atoms with Gasteiger partial charge in [0.05, 0.1) is 6.10 Å². The highest BCUT2D eigenvalue weighted by Crippen LogP contribution is 2.43. The fourth-order valence-corrected chi connectivity index (χ4v) is 3.06. The van der Waals surface area contributed by atoms with Crippen LogP contribution in [0.2, 0.25) is 0 Å². The molecule has 2 aliphatic heterocycles. The van der Waals surface area contributed by atoms with Crippen LogP contribution in [-0.2, 0) is 4.74 Å². The first-order chi connectivity index (χ1) is 8.67. The van der Waals surface area contributed by atoms with E-state index < -0.39 is 0 Å². The second-order valence-electron chi connectivity index (χ2n) is 6.02. The van der Waals surface area contributed by atoms with Crippen molar-refractivity contribution < 1.29 is 9.47 Å². The van der Waals surface area contributed by atoms with Crippen molar-refractivity contribution in [3.63, 3.8) is 0 Å². The maximum Gasteiger partial charge on any atom is 0.119 e. The van der Waals surface area contributed by atoms with Crippen LogP contribution in [0.3, 0.4) is 0 Å². The summed E-state index contributed by atoms with van der Waals surface area (Å²) in [5.74, 6) is 1.53. The molecule has 2 nitrogen and oxygen atoms in total. The second kappa shape index (κ2) is 4.58. The van der Waals surface area contributed by atoms with Gasteiger partial charge in [0.15, 0.2) is 0 Å². The highest BCUT2D eigenvalue weighted by Gasteiger charge is 2.46. The average molecular weight is 246 g/mol. The van der Waals surface area contributed by atoms with Crippen molar-refractivity contribution in [2.45, 2.75) is 57.2 Å². The number of ether oxygens (including phenoxy) is 2. The molecule has 0 N–H and O–H groups in total. The smallest absolute Gasteiger partial charge is 0.119 e. The molecule has 1 aromatic rings. The molecule has 1 aromatic carbocycles. The van der Waals surface area contributed by atoms with Crippen molar-refractivity contribution in [3.05, 3.63) is 29.8 Å². The Bertz CT molecular complexity index is 417. The molecule has 18 heavy (non-hydrogen) atoms. The van der Waals surface area contributed by atoms with Crippen LogP contribution < -0.4 is 4.74 Å². The minimum atomic E-state index is 0.0263. The lowest BCUT2D eigenvalue weighted by Crippen LogP contribution is -2.32. The van der Waals surface area contributed by atoms with Crippen LogP contribution in [0.25, 0.3) is 0 Å². The summed E-state index contributed by atoms with van der Waals surface area (Å²) >= 11 is 0. The van der Waals surface area contributed by atoms with E-state index in [0.717, 1.165) is 5.75 Å². The highest BCUT2D eigenvalue weighted by molar-refractivity contribution is 5.30. The number of fused-ring (bicyclic) bond motifs is 2. The highest BCUT2D eigenvalue weighted by atomic mass is 16.6. The Morgan fingerprint density at radius 3 is 2.72 bits per heavy atom. The Labute approximate surface area is 109 Å². The Balaban J connectivity index is 1.64. The standard InChI is InChI=1S/C16H22O2/c1-12(2)13-4-3-5-15(10-13)17-11-16-8-6-14(18-16)7-9-16/h3-5,10,12,14H,6-9,11H2,1-2H3. The molecule has 2 heterocycles. The van der Waals surface area contributed by atoms with Crippen molar-refractivity contribution in [1.82, 2.24) is 0 Å². The summed E-state index contributed by atoms with van der Waals surface area (Å²) in [5.41, 5.74) is 1.36. The molecule has 0 aromatic heterocycles. The van der Waals surface area contributed by atoms with Gasteiger partial charge in [-0.2, -0.15) is 0 Å². The van der Waals surface area contributed by atoms with E-state index in [1.807, 2.05) is 6.07 Å². The predicted octanol–water partition coefficient (Wildman–Crippen LogP) is 3.90. The molecule has 2 saturated heterocycles. The summed E-state index contributed by atoms with van der Waals surface area (Å²) in [5, 5.41) is 0. The summed E-state index contributed by atoms with van der Waals surface area (Å²) in [6, 6.07) is 8.44. The number of hydrogen-bond donors (Lipinski definition) is 0. The first kappa shape index (κ1) is 12.0. The van der Waals surface area contributed by atoms with Crippen molar-refractivity contribution in [1.29, 1.82) is 0 Å². The van der Waals surface area contributed by atoms with Crippen molar-refractivity contribution >= 4 is 0 Å². The quantitative estimate of drug-likeness (QED) is 0.802. The Morgan fingerprint density at radius 2 is 2.11 bits per heavy atom. The van der Waals surface area contributed by atoms with Gasteiger partial charge < -0.3 is 9.47 Å². The second-order valence-corrected chi connectivity index (χ2v) is 6.02. The van der Waals surface area contributed by atoms with E-state index in [9.17, 15) is 0 Å². The van der Waals surface area contributed by atoms with E-state index in [4.69, 9.17) is 9.47 Å². The molecule has 3 rings (SSSR count). The first-order valence-electron chi connectivity index (χ1n) is 7.07. The van der Waals surface area contributed by atoms with E-state index in [2.05, 4.69) is 32.0 Å². The van der Waals surface area contributed by atoms with E-state index in [1.165, 1.54) is 31.2 Å². The van der Waals surface area contributed by atoms with E-state index in [1.54, 1.807) is 0 Å². The molecular weight excluding hydrogens is 224 g/mol. The Kier molecular flexibility index (Phi) is 3.06. The third kappa shape index (κ3) is 2.26. The van der Waals surface area contributed by atoms with E-state index >= 15 is 0 Å². The van der Waals surface area contributed by atoms with E-state index in [-0.39, 0.29) is 5.60 Å². The van der Waals surface area contributed by atoms with E-state index in [0.29, 0.717) is 18.6 Å². The molecule has 0 amide bonds. The molecule has 0 unspecified atom stereocenters. The average Bonchev–Trinajstić information content (AvgIpc) is 2.98. The molecule has 2 aliphatic rings. The molecular formula is C16H22O2. The maximum absolute atomic E-state index is 6.03. The lowest BCUT2D eigenvalue weighted by atomic mass is 9.89. The summed E-state index contributed by atoms with van der Waals surface area (Å²) in [6.45, 7) is 5.13. The SMILES string of the molecule is CC(C)c1cccc(OCC23CCC(CC2)O3)c1. The number of rotatable bonds is 4. The van der Waals surface area contributed by atoms with Gasteiger partial charge in [0.1, 0.15) is 18.0 Å². The van der Waals surface area contributed by atoms with Crippen LogP contribution in [0.1, 0.15) is 51.0 Å². The topological polar surface area (TPSA) is 18.5 Å². The minimum Gasteiger partial charge on any atom is -0.491 e. The van der Waals surface area contributed by atoms with Crippen LogP contribution in [0.4, 0.5) is 0 Å². The summed E-state index contributed by atoms with van der Waals surface area (Å²) in [6.07, 6.45) is 5.28. The maximum atomic E-state index is 6.03. The van der Waals surface area contributed by atoms with Gasteiger partial charge in [-0.15, -0.1) is 0 Å². The Morgan fingerprint density at radius 1 is 1.33 bits per heavy atom. The number of benzene rings is 1. The molecule has 0 saturated carbocycles. The predicted molar refractivity (Wildman–Crippen MR) is 72.1 cm³/mol. The molecule has 2 heteroatoms. The van der Waals surface area contributed by atoms with Crippen LogP contribution >= 0.6 is 0 Å². The van der Waals surface area contributed by atoms with Gasteiger partial charge in [0.25, 0.3) is 0 Å². The van der Waals surface area contributed by atoms with Crippen molar-refractivity contribution in [2.75, 3.05) is 6.61 Å². The monoisotopic (exact) mass is 246 g/mol. The van der Waals surface area contributed by atoms with Crippen LogP contribution in [0, 0.1) is 0 Å². The Hall–Kier alpha value is -1.02. The molecule has 0 radical (unpaired) electrons. The summed E-state index contributed by atoms with van der Waals surface area (Å²) in [7, 11) is 0. The zero-order chi connectivity index (χ0) is 12.6. The zero-order valence-corrected chi connectivity index (χ0v) is 11.3.